The van der Waals surface area contributed by atoms with Gasteiger partial charge in [0.15, 0.2) is 11.7 Å². The third-order valence-corrected chi connectivity index (χ3v) is 7.24. The summed E-state index contributed by atoms with van der Waals surface area (Å²) in [6.07, 6.45) is -4.79. The van der Waals surface area contributed by atoms with Crippen LogP contribution >= 0.6 is 11.6 Å². The highest BCUT2D eigenvalue weighted by Gasteiger charge is 2.48. The molecule has 0 spiro atoms. The Bertz CT molecular complexity index is 1220. The molecule has 1 saturated heterocycles. The van der Waals surface area contributed by atoms with Crippen molar-refractivity contribution in [3.63, 3.8) is 0 Å². The van der Waals surface area contributed by atoms with Gasteiger partial charge in [-0.2, -0.15) is 18.3 Å². The second-order valence-electron chi connectivity index (χ2n) is 9.41. The molecule has 2 aromatic carbocycles. The number of hydrogen-bond acceptors (Lipinski definition) is 4. The van der Waals surface area contributed by atoms with Gasteiger partial charge in [-0.1, -0.05) is 71.8 Å². The van der Waals surface area contributed by atoms with Crippen LogP contribution in [0.4, 0.5) is 19.0 Å². The van der Waals surface area contributed by atoms with Crippen LogP contribution in [0.15, 0.2) is 54.6 Å². The van der Waals surface area contributed by atoms with E-state index < -0.39 is 24.2 Å². The minimum absolute atomic E-state index is 0.0295. The van der Waals surface area contributed by atoms with E-state index in [1.54, 1.807) is 17.0 Å². The van der Waals surface area contributed by atoms with E-state index in [9.17, 15) is 18.0 Å². The zero-order chi connectivity index (χ0) is 25.4. The van der Waals surface area contributed by atoms with E-state index in [-0.39, 0.29) is 23.0 Å². The molecule has 1 amide bonds. The molecule has 2 aliphatic heterocycles. The van der Waals surface area contributed by atoms with E-state index in [0.29, 0.717) is 26.2 Å². The zero-order valence-electron chi connectivity index (χ0n) is 19.8. The maximum atomic E-state index is 14.1. The molecule has 3 aromatic rings. The highest BCUT2D eigenvalue weighted by atomic mass is 35.5. The van der Waals surface area contributed by atoms with Gasteiger partial charge in [-0.15, -0.1) is 0 Å². The first-order valence-corrected chi connectivity index (χ1v) is 12.3. The molecule has 0 unspecified atom stereocenters. The van der Waals surface area contributed by atoms with E-state index in [0.717, 1.165) is 22.4 Å². The van der Waals surface area contributed by atoms with Crippen molar-refractivity contribution < 1.29 is 18.0 Å². The third kappa shape index (κ3) is 4.95. The molecule has 2 aliphatic rings. The molecular weight excluding hydrogens is 491 g/mol. The summed E-state index contributed by atoms with van der Waals surface area (Å²) in [7, 11) is 0. The van der Waals surface area contributed by atoms with Crippen LogP contribution in [0.5, 0.6) is 0 Å². The van der Waals surface area contributed by atoms with Gasteiger partial charge >= 0.3 is 6.18 Å². The Hall–Kier alpha value is -3.04. The number of nitrogens with zero attached hydrogens (tertiary/aromatic N) is 4. The number of carbonyl (C=O) groups excluding carboxylic acids is 1. The number of carbonyl (C=O) groups is 1. The zero-order valence-corrected chi connectivity index (χ0v) is 20.6. The number of amides is 1. The van der Waals surface area contributed by atoms with Crippen LogP contribution < -0.4 is 5.32 Å². The van der Waals surface area contributed by atoms with Crippen LogP contribution in [0.25, 0.3) is 0 Å². The van der Waals surface area contributed by atoms with Crippen LogP contribution in [0, 0.1) is 6.92 Å². The Balaban J connectivity index is 1.35. The van der Waals surface area contributed by atoms with Gasteiger partial charge in [0, 0.05) is 39.1 Å². The third-order valence-electron chi connectivity index (χ3n) is 6.89. The molecule has 0 aliphatic carbocycles. The summed E-state index contributed by atoms with van der Waals surface area (Å²) in [6, 6.07) is 14.9. The molecular formula is C26H27ClF3N5O. The van der Waals surface area contributed by atoms with Gasteiger partial charge in [0.1, 0.15) is 10.8 Å². The second kappa shape index (κ2) is 9.78. The van der Waals surface area contributed by atoms with Crippen LogP contribution in [-0.2, 0) is 6.54 Å². The van der Waals surface area contributed by atoms with Crippen molar-refractivity contribution in [2.45, 2.75) is 38.1 Å². The normalized spacial score (nSPS) is 20.6. The molecule has 1 N–H and O–H groups in total. The number of piperazine rings is 1. The monoisotopic (exact) mass is 517 g/mol. The van der Waals surface area contributed by atoms with E-state index in [2.05, 4.69) is 27.4 Å². The van der Waals surface area contributed by atoms with Gasteiger partial charge in [0.25, 0.3) is 5.91 Å². The quantitative estimate of drug-likeness (QED) is 0.499. The van der Waals surface area contributed by atoms with E-state index in [1.165, 1.54) is 5.56 Å². The second-order valence-corrected chi connectivity index (χ2v) is 9.79. The molecule has 0 bridgehead atoms. The van der Waals surface area contributed by atoms with Crippen molar-refractivity contribution in [1.82, 2.24) is 19.6 Å². The summed E-state index contributed by atoms with van der Waals surface area (Å²) in [6.45, 7) is 4.91. The van der Waals surface area contributed by atoms with Gasteiger partial charge in [0.05, 0.1) is 6.04 Å². The Morgan fingerprint density at radius 2 is 1.72 bits per heavy atom. The fourth-order valence-corrected chi connectivity index (χ4v) is 5.10. The smallest absolute Gasteiger partial charge is 0.362 e. The maximum Gasteiger partial charge on any atom is 0.410 e. The lowest BCUT2D eigenvalue weighted by molar-refractivity contribution is -0.173. The minimum Gasteiger partial charge on any atom is -0.362 e. The van der Waals surface area contributed by atoms with Crippen molar-refractivity contribution in [3.05, 3.63) is 82.0 Å². The molecule has 5 rings (SSSR count). The number of rotatable bonds is 4. The summed E-state index contributed by atoms with van der Waals surface area (Å²) in [5, 5.41) is 7.13. The summed E-state index contributed by atoms with van der Waals surface area (Å²) in [5.74, 6) is -0.419. The lowest BCUT2D eigenvalue weighted by Crippen LogP contribution is -2.48. The van der Waals surface area contributed by atoms with Gasteiger partial charge in [0.2, 0.25) is 0 Å². The highest BCUT2D eigenvalue weighted by Crippen LogP contribution is 2.46. The van der Waals surface area contributed by atoms with Crippen LogP contribution in [0.3, 0.4) is 0 Å². The molecule has 3 heterocycles. The average Bonchev–Trinajstić information content (AvgIpc) is 3.20. The van der Waals surface area contributed by atoms with Crippen LogP contribution in [-0.4, -0.2) is 57.8 Å². The Morgan fingerprint density at radius 1 is 1.06 bits per heavy atom. The Kier molecular flexibility index (Phi) is 6.70. The Morgan fingerprint density at radius 3 is 2.36 bits per heavy atom. The number of fused-ring (bicyclic) bond motifs is 1. The molecule has 36 heavy (non-hydrogen) atoms. The number of anilines is 1. The largest absolute Gasteiger partial charge is 0.410 e. The molecule has 2 atom stereocenters. The van der Waals surface area contributed by atoms with Gasteiger partial charge in [-0.05, 0) is 18.1 Å². The fraction of sp³-hybridized carbons (Fsp3) is 0.385. The van der Waals surface area contributed by atoms with Crippen LogP contribution in [0.2, 0.25) is 5.02 Å². The number of hydrogen-bond donors (Lipinski definition) is 1. The van der Waals surface area contributed by atoms with Crippen molar-refractivity contribution in [2.75, 3.05) is 31.5 Å². The first kappa shape index (κ1) is 24.6. The predicted octanol–water partition coefficient (Wildman–Crippen LogP) is 5.46. The van der Waals surface area contributed by atoms with Gasteiger partial charge < -0.3 is 10.2 Å². The van der Waals surface area contributed by atoms with Gasteiger partial charge in [-0.3, -0.25) is 9.69 Å². The maximum absolute atomic E-state index is 14.1. The first-order chi connectivity index (χ1) is 17.2. The van der Waals surface area contributed by atoms with Gasteiger partial charge in [-0.25, -0.2) is 4.68 Å². The fourth-order valence-electron chi connectivity index (χ4n) is 4.84. The summed E-state index contributed by atoms with van der Waals surface area (Å²) in [4.78, 5) is 17.1. The number of aromatic nitrogens is 2. The van der Waals surface area contributed by atoms with E-state index in [4.69, 9.17) is 11.6 Å². The lowest BCUT2D eigenvalue weighted by Gasteiger charge is -2.34. The molecule has 10 heteroatoms. The molecule has 6 nitrogen and oxygen atoms in total. The van der Waals surface area contributed by atoms with Crippen molar-refractivity contribution >= 4 is 23.3 Å². The summed E-state index contributed by atoms with van der Waals surface area (Å²) in [5.41, 5.74) is 2.78. The summed E-state index contributed by atoms with van der Waals surface area (Å²) < 4.78 is 43.0. The average molecular weight is 518 g/mol. The van der Waals surface area contributed by atoms with E-state index >= 15 is 0 Å². The number of alkyl halides is 3. The number of benzene rings is 2. The molecule has 0 radical (unpaired) electrons. The predicted molar refractivity (Wildman–Crippen MR) is 132 cm³/mol. The standard InChI is InChI=1S/C26H27ClF3N5O/c1-17-7-9-19(10-8-17)20-15-21(26(28,29)30)35-24(31-20)22(27)23(32-35)25(36)34-13-11-33(12-14-34)16-18-5-3-2-4-6-18/h2-10,20-21,31H,11-16H2,1H3/t20-,21-/m0/s1. The number of nitrogens with one attached hydrogen (secondary N) is 1. The van der Waals surface area contributed by atoms with Crippen LogP contribution in [0.1, 0.15) is 45.7 Å². The highest BCUT2D eigenvalue weighted by molar-refractivity contribution is 6.36. The molecule has 0 saturated carbocycles. The number of halogens is 4. The van der Waals surface area contributed by atoms with Crippen molar-refractivity contribution in [3.8, 4) is 0 Å². The minimum atomic E-state index is -4.54. The molecule has 190 valence electrons. The van der Waals surface area contributed by atoms with E-state index in [1.807, 2.05) is 37.3 Å². The topological polar surface area (TPSA) is 53.4 Å². The summed E-state index contributed by atoms with van der Waals surface area (Å²) >= 11 is 6.51. The van der Waals surface area contributed by atoms with Crippen molar-refractivity contribution in [2.24, 2.45) is 0 Å². The van der Waals surface area contributed by atoms with Crippen molar-refractivity contribution in [1.29, 1.82) is 0 Å². The molecule has 1 aromatic heterocycles. The lowest BCUT2D eigenvalue weighted by atomic mass is 9.96. The SMILES string of the molecule is Cc1ccc([C@@H]2C[C@@H](C(F)(F)F)n3nc(C(=O)N4CCN(Cc5ccccc5)CC4)c(Cl)c3N2)cc1. The first-order valence-electron chi connectivity index (χ1n) is 11.9. The Labute approximate surface area is 212 Å². The number of aryl methyl sites for hydroxylation is 1. The molecule has 1 fully saturated rings.